The molecule has 0 radical (unpaired) electrons. The van der Waals surface area contributed by atoms with Gasteiger partial charge in [0.05, 0.1) is 5.39 Å². The van der Waals surface area contributed by atoms with E-state index < -0.39 is 5.82 Å². The van der Waals surface area contributed by atoms with Crippen molar-refractivity contribution in [2.45, 2.75) is 13.0 Å². The number of H-pyrrole nitrogens is 1. The van der Waals surface area contributed by atoms with Crippen LogP contribution in [0.1, 0.15) is 6.92 Å². The minimum absolute atomic E-state index is 0.0434. The van der Waals surface area contributed by atoms with E-state index in [1.54, 1.807) is 12.2 Å². The number of hydrogen-bond acceptors (Lipinski definition) is 3. The molecule has 2 heterocycles. The van der Waals surface area contributed by atoms with Crippen molar-refractivity contribution in [3.63, 3.8) is 0 Å². The summed E-state index contributed by atoms with van der Waals surface area (Å²) in [5.74, 6) is -0.0951. The summed E-state index contributed by atoms with van der Waals surface area (Å²) in [6.07, 6.45) is 6.40. The number of hydrogen-bond donors (Lipinski definition) is 2. The highest BCUT2D eigenvalue weighted by molar-refractivity contribution is 6.28. The molecule has 0 aliphatic rings. The van der Waals surface area contributed by atoms with Crippen LogP contribution in [0.15, 0.2) is 43.2 Å². The Labute approximate surface area is 121 Å². The van der Waals surface area contributed by atoms with Gasteiger partial charge in [0.15, 0.2) is 5.82 Å². The van der Waals surface area contributed by atoms with Gasteiger partial charge in [0.2, 0.25) is 5.28 Å². The Morgan fingerprint density at radius 1 is 1.50 bits per heavy atom. The van der Waals surface area contributed by atoms with Crippen molar-refractivity contribution in [2.75, 3.05) is 5.32 Å². The number of nitrogens with one attached hydrogen (secondary N) is 2. The minimum Gasteiger partial charge on any atom is -0.363 e. The van der Waals surface area contributed by atoms with Gasteiger partial charge in [-0.05, 0) is 24.1 Å². The van der Waals surface area contributed by atoms with Gasteiger partial charge >= 0.3 is 0 Å². The van der Waals surface area contributed by atoms with Crippen LogP contribution < -0.4 is 5.32 Å². The summed E-state index contributed by atoms with van der Waals surface area (Å²) in [7, 11) is 0. The Kier molecular flexibility index (Phi) is 4.20. The SMILES string of the molecule is C=C/C=C(\C=C)C(C)Nc1nc(Cl)nc2[nH]cc(F)c12. The van der Waals surface area contributed by atoms with Gasteiger partial charge in [-0.1, -0.05) is 31.4 Å². The van der Waals surface area contributed by atoms with Gasteiger partial charge < -0.3 is 10.3 Å². The average molecular weight is 293 g/mol. The van der Waals surface area contributed by atoms with Crippen LogP contribution in [-0.4, -0.2) is 21.0 Å². The first-order chi connectivity index (χ1) is 9.56. The lowest BCUT2D eigenvalue weighted by Gasteiger charge is -2.16. The predicted octanol–water partition coefficient (Wildman–Crippen LogP) is 3.85. The number of rotatable bonds is 5. The molecule has 0 saturated heterocycles. The third-order valence-corrected chi connectivity index (χ3v) is 3.02. The molecule has 20 heavy (non-hydrogen) atoms. The fraction of sp³-hybridized carbons (Fsp3) is 0.143. The first-order valence-corrected chi connectivity index (χ1v) is 6.36. The van der Waals surface area contributed by atoms with Gasteiger partial charge in [-0.15, -0.1) is 0 Å². The van der Waals surface area contributed by atoms with Gasteiger partial charge in [-0.2, -0.15) is 9.97 Å². The maximum Gasteiger partial charge on any atom is 0.226 e. The van der Waals surface area contributed by atoms with E-state index in [-0.39, 0.29) is 16.7 Å². The fourth-order valence-corrected chi connectivity index (χ4v) is 2.06. The van der Waals surface area contributed by atoms with Crippen molar-refractivity contribution >= 4 is 28.5 Å². The molecule has 2 aromatic heterocycles. The van der Waals surface area contributed by atoms with E-state index in [0.717, 1.165) is 5.57 Å². The van der Waals surface area contributed by atoms with Crippen molar-refractivity contribution in [2.24, 2.45) is 0 Å². The summed E-state index contributed by atoms with van der Waals surface area (Å²) >= 11 is 5.84. The Balaban J connectivity index is 2.43. The number of nitrogens with zero attached hydrogens (tertiary/aromatic N) is 2. The smallest absolute Gasteiger partial charge is 0.226 e. The Bertz CT molecular complexity index is 690. The van der Waals surface area contributed by atoms with E-state index >= 15 is 0 Å². The van der Waals surface area contributed by atoms with Crippen LogP contribution in [0.5, 0.6) is 0 Å². The Morgan fingerprint density at radius 3 is 2.90 bits per heavy atom. The molecule has 0 bridgehead atoms. The third kappa shape index (κ3) is 2.72. The van der Waals surface area contributed by atoms with Crippen molar-refractivity contribution < 1.29 is 4.39 Å². The summed E-state index contributed by atoms with van der Waals surface area (Å²) in [5.41, 5.74) is 1.25. The minimum atomic E-state index is -0.431. The molecule has 2 N–H and O–H groups in total. The van der Waals surface area contributed by atoms with Crippen LogP contribution in [0.3, 0.4) is 0 Å². The monoisotopic (exact) mass is 292 g/mol. The number of allylic oxidation sites excluding steroid dienone is 2. The maximum absolute atomic E-state index is 13.8. The number of fused-ring (bicyclic) bond motifs is 1. The molecule has 0 fully saturated rings. The number of aromatic nitrogens is 3. The Hall–Kier alpha value is -2.14. The van der Waals surface area contributed by atoms with Gasteiger partial charge in [0, 0.05) is 12.2 Å². The van der Waals surface area contributed by atoms with E-state index in [9.17, 15) is 4.39 Å². The van der Waals surface area contributed by atoms with E-state index in [2.05, 4.69) is 33.4 Å². The molecule has 2 rings (SSSR count). The standard InChI is InChI=1S/C14H14ClFN4/c1-4-6-9(5-2)8(3)18-13-11-10(16)7-17-12(11)19-14(15)20-13/h4-8H,1-2H2,3H3,(H2,17,18,19,20)/b9-6+. The largest absolute Gasteiger partial charge is 0.363 e. The van der Waals surface area contributed by atoms with E-state index in [4.69, 9.17) is 11.6 Å². The second-order valence-corrected chi connectivity index (χ2v) is 4.51. The molecule has 4 nitrogen and oxygen atoms in total. The molecule has 0 aromatic carbocycles. The van der Waals surface area contributed by atoms with Crippen LogP contribution in [0.2, 0.25) is 5.28 Å². The summed E-state index contributed by atoms with van der Waals surface area (Å²) in [5, 5.41) is 3.43. The summed E-state index contributed by atoms with van der Waals surface area (Å²) in [4.78, 5) is 10.7. The van der Waals surface area contributed by atoms with Crippen LogP contribution in [0, 0.1) is 5.82 Å². The zero-order chi connectivity index (χ0) is 14.7. The first kappa shape index (κ1) is 14.3. The molecule has 2 aromatic rings. The maximum atomic E-state index is 13.8. The Morgan fingerprint density at radius 2 is 2.25 bits per heavy atom. The zero-order valence-electron chi connectivity index (χ0n) is 11.0. The van der Waals surface area contributed by atoms with Crippen molar-refractivity contribution in [1.82, 2.24) is 15.0 Å². The molecule has 1 atom stereocenters. The molecule has 0 amide bonds. The van der Waals surface area contributed by atoms with E-state index in [1.807, 2.05) is 13.0 Å². The van der Waals surface area contributed by atoms with E-state index in [1.165, 1.54) is 6.20 Å². The lowest BCUT2D eigenvalue weighted by atomic mass is 10.1. The molecule has 104 valence electrons. The molecular formula is C14H14ClFN4. The van der Waals surface area contributed by atoms with Crippen LogP contribution in [0.4, 0.5) is 10.2 Å². The molecule has 0 saturated carbocycles. The normalized spacial score (nSPS) is 13.2. The lowest BCUT2D eigenvalue weighted by Crippen LogP contribution is -2.18. The molecule has 1 unspecified atom stereocenters. The fourth-order valence-electron chi connectivity index (χ4n) is 1.89. The zero-order valence-corrected chi connectivity index (χ0v) is 11.7. The lowest BCUT2D eigenvalue weighted by molar-refractivity contribution is 0.639. The van der Waals surface area contributed by atoms with Crippen LogP contribution in [0.25, 0.3) is 11.0 Å². The van der Waals surface area contributed by atoms with E-state index in [0.29, 0.717) is 11.5 Å². The predicted molar refractivity (Wildman–Crippen MR) is 80.4 cm³/mol. The first-order valence-electron chi connectivity index (χ1n) is 5.98. The van der Waals surface area contributed by atoms with Gasteiger partial charge in [0.25, 0.3) is 0 Å². The summed E-state index contributed by atoms with van der Waals surface area (Å²) < 4.78 is 13.8. The topological polar surface area (TPSA) is 53.6 Å². The summed E-state index contributed by atoms with van der Waals surface area (Å²) in [6, 6.07) is -0.131. The van der Waals surface area contributed by atoms with Crippen LogP contribution in [-0.2, 0) is 0 Å². The highest BCUT2D eigenvalue weighted by Gasteiger charge is 2.15. The average Bonchev–Trinajstić information content (AvgIpc) is 2.77. The molecule has 0 aliphatic heterocycles. The second kappa shape index (κ2) is 5.88. The molecule has 0 aliphatic carbocycles. The molecular weight excluding hydrogens is 279 g/mol. The molecule has 6 heteroatoms. The van der Waals surface area contributed by atoms with Gasteiger partial charge in [0.1, 0.15) is 11.5 Å². The summed E-state index contributed by atoms with van der Waals surface area (Å²) in [6.45, 7) is 9.28. The van der Waals surface area contributed by atoms with Gasteiger partial charge in [-0.25, -0.2) is 4.39 Å². The van der Waals surface area contributed by atoms with Crippen molar-refractivity contribution in [1.29, 1.82) is 0 Å². The van der Waals surface area contributed by atoms with Gasteiger partial charge in [-0.3, -0.25) is 0 Å². The number of halogens is 2. The number of anilines is 1. The third-order valence-electron chi connectivity index (χ3n) is 2.86. The highest BCUT2D eigenvalue weighted by atomic mass is 35.5. The van der Waals surface area contributed by atoms with Crippen molar-refractivity contribution in [3.05, 3.63) is 54.3 Å². The van der Waals surface area contributed by atoms with Crippen LogP contribution >= 0.6 is 11.6 Å². The second-order valence-electron chi connectivity index (χ2n) is 4.17. The van der Waals surface area contributed by atoms with Crippen molar-refractivity contribution in [3.8, 4) is 0 Å². The number of aromatic amines is 1. The molecule has 0 spiro atoms. The quantitative estimate of drug-likeness (QED) is 0.650. The highest BCUT2D eigenvalue weighted by Crippen LogP contribution is 2.25.